The summed E-state index contributed by atoms with van der Waals surface area (Å²) in [4.78, 5) is 16.2. The van der Waals surface area contributed by atoms with Crippen molar-refractivity contribution in [2.24, 2.45) is 10.9 Å². The van der Waals surface area contributed by atoms with Crippen molar-refractivity contribution in [3.63, 3.8) is 0 Å². The minimum Gasteiger partial charge on any atom is -0.357 e. The largest absolute Gasteiger partial charge is 0.357 e. The lowest BCUT2D eigenvalue weighted by Gasteiger charge is -2.28. The van der Waals surface area contributed by atoms with Crippen LogP contribution < -0.4 is 16.0 Å². The number of carbonyl (C=O) groups excluding carboxylic acids is 1. The van der Waals surface area contributed by atoms with E-state index in [1.165, 1.54) is 25.7 Å². The maximum absolute atomic E-state index is 11.8. The minimum absolute atomic E-state index is 0.0445. The number of nitrogens with zero attached hydrogens (tertiary/aromatic N) is 1. The molecule has 0 aromatic heterocycles. The molecule has 1 aliphatic carbocycles. The van der Waals surface area contributed by atoms with E-state index in [1.54, 1.807) is 0 Å². The van der Waals surface area contributed by atoms with Gasteiger partial charge in [-0.25, -0.2) is 4.99 Å². The Hall–Kier alpha value is -1.26. The van der Waals surface area contributed by atoms with Crippen LogP contribution in [0.15, 0.2) is 4.99 Å². The Balaban J connectivity index is 2.48. The standard InChI is InChI=1S/C16H32N4O/c1-6-17-15(18-11-14(21)20-16(3,4)5)19-13-9-7-12(2)8-10-13/h12-13H,6-11H2,1-5H3,(H,20,21)(H2,17,18,19). The van der Waals surface area contributed by atoms with Crippen LogP contribution in [-0.4, -0.2) is 36.5 Å². The van der Waals surface area contributed by atoms with Crippen molar-refractivity contribution < 1.29 is 4.79 Å². The van der Waals surface area contributed by atoms with Crippen LogP contribution in [0.1, 0.15) is 60.3 Å². The maximum atomic E-state index is 11.8. The van der Waals surface area contributed by atoms with Crippen molar-refractivity contribution in [2.75, 3.05) is 13.1 Å². The smallest absolute Gasteiger partial charge is 0.242 e. The van der Waals surface area contributed by atoms with Crippen LogP contribution in [0.25, 0.3) is 0 Å². The zero-order valence-electron chi connectivity index (χ0n) is 14.3. The Morgan fingerprint density at radius 2 is 1.81 bits per heavy atom. The first-order valence-electron chi connectivity index (χ1n) is 8.16. The number of carbonyl (C=O) groups is 1. The predicted molar refractivity (Wildman–Crippen MR) is 88.4 cm³/mol. The van der Waals surface area contributed by atoms with Gasteiger partial charge >= 0.3 is 0 Å². The van der Waals surface area contributed by atoms with Crippen LogP contribution in [0.4, 0.5) is 0 Å². The fourth-order valence-electron chi connectivity index (χ4n) is 2.53. The molecule has 0 bridgehead atoms. The van der Waals surface area contributed by atoms with Crippen LogP contribution in [0.3, 0.4) is 0 Å². The van der Waals surface area contributed by atoms with Gasteiger partial charge in [0.05, 0.1) is 0 Å². The highest BCUT2D eigenvalue weighted by Gasteiger charge is 2.19. The number of rotatable bonds is 4. The molecule has 0 spiro atoms. The van der Waals surface area contributed by atoms with Crippen LogP contribution >= 0.6 is 0 Å². The molecule has 1 aliphatic rings. The Labute approximate surface area is 129 Å². The second-order valence-electron chi connectivity index (χ2n) is 7.09. The van der Waals surface area contributed by atoms with Gasteiger partial charge in [0.1, 0.15) is 6.54 Å². The number of amides is 1. The van der Waals surface area contributed by atoms with Gasteiger partial charge in [-0.05, 0) is 59.3 Å². The zero-order chi connectivity index (χ0) is 15.9. The van der Waals surface area contributed by atoms with E-state index in [2.05, 4.69) is 27.9 Å². The van der Waals surface area contributed by atoms with Crippen molar-refractivity contribution in [3.8, 4) is 0 Å². The third kappa shape index (κ3) is 7.93. The summed E-state index contributed by atoms with van der Waals surface area (Å²) in [7, 11) is 0. The predicted octanol–water partition coefficient (Wildman–Crippen LogP) is 2.03. The number of nitrogens with one attached hydrogen (secondary N) is 3. The van der Waals surface area contributed by atoms with Gasteiger partial charge in [0, 0.05) is 18.1 Å². The first-order chi connectivity index (χ1) is 9.80. The van der Waals surface area contributed by atoms with Crippen LogP contribution in [-0.2, 0) is 4.79 Å². The van der Waals surface area contributed by atoms with E-state index in [4.69, 9.17) is 0 Å². The Bertz CT molecular complexity index is 352. The monoisotopic (exact) mass is 296 g/mol. The van der Waals surface area contributed by atoms with E-state index in [-0.39, 0.29) is 18.0 Å². The third-order valence-corrected chi connectivity index (χ3v) is 3.60. The first-order valence-corrected chi connectivity index (χ1v) is 8.16. The molecule has 1 amide bonds. The van der Waals surface area contributed by atoms with Crippen LogP contribution in [0.2, 0.25) is 0 Å². The van der Waals surface area contributed by atoms with Crippen molar-refractivity contribution in [3.05, 3.63) is 0 Å². The highest BCUT2D eigenvalue weighted by Crippen LogP contribution is 2.23. The minimum atomic E-state index is -0.210. The Morgan fingerprint density at radius 3 is 2.33 bits per heavy atom. The zero-order valence-corrected chi connectivity index (χ0v) is 14.3. The molecule has 0 aromatic rings. The highest BCUT2D eigenvalue weighted by atomic mass is 16.2. The normalized spacial score (nSPS) is 23.6. The molecule has 0 aliphatic heterocycles. The van der Waals surface area contributed by atoms with E-state index in [0.29, 0.717) is 6.04 Å². The summed E-state index contributed by atoms with van der Waals surface area (Å²) in [5.74, 6) is 1.54. The van der Waals surface area contributed by atoms with Gasteiger partial charge in [0.25, 0.3) is 0 Å². The fraction of sp³-hybridized carbons (Fsp3) is 0.875. The van der Waals surface area contributed by atoms with Crippen molar-refractivity contribution in [1.82, 2.24) is 16.0 Å². The Morgan fingerprint density at radius 1 is 1.19 bits per heavy atom. The van der Waals surface area contributed by atoms with Crippen LogP contribution in [0.5, 0.6) is 0 Å². The molecule has 0 atom stereocenters. The SMILES string of the molecule is CCNC(=NCC(=O)NC(C)(C)C)NC1CCC(C)CC1. The average molecular weight is 296 g/mol. The summed E-state index contributed by atoms with van der Waals surface area (Å²) >= 11 is 0. The highest BCUT2D eigenvalue weighted by molar-refractivity contribution is 5.85. The topological polar surface area (TPSA) is 65.5 Å². The number of guanidine groups is 1. The molecule has 1 rings (SSSR count). The molecule has 1 fully saturated rings. The molecule has 0 aromatic carbocycles. The number of hydrogen-bond acceptors (Lipinski definition) is 2. The molecule has 0 radical (unpaired) electrons. The lowest BCUT2D eigenvalue weighted by Crippen LogP contribution is -2.46. The molecule has 5 nitrogen and oxygen atoms in total. The third-order valence-electron chi connectivity index (χ3n) is 3.60. The second-order valence-corrected chi connectivity index (χ2v) is 7.09. The summed E-state index contributed by atoms with van der Waals surface area (Å²) < 4.78 is 0. The van der Waals surface area contributed by atoms with Crippen LogP contribution in [0, 0.1) is 5.92 Å². The van der Waals surface area contributed by atoms with Gasteiger partial charge in [0.2, 0.25) is 5.91 Å². The molecular formula is C16H32N4O. The summed E-state index contributed by atoms with van der Waals surface area (Å²) in [6, 6.07) is 0.477. The molecule has 0 heterocycles. The van der Waals surface area contributed by atoms with E-state index < -0.39 is 0 Å². The first kappa shape index (κ1) is 17.8. The van der Waals surface area contributed by atoms with Gasteiger partial charge in [0.15, 0.2) is 5.96 Å². The average Bonchev–Trinajstić information content (AvgIpc) is 2.37. The Kier molecular flexibility index (Phi) is 6.99. The van der Waals surface area contributed by atoms with Gasteiger partial charge in [-0.15, -0.1) is 0 Å². The molecular weight excluding hydrogens is 264 g/mol. The molecule has 1 saturated carbocycles. The van der Waals surface area contributed by atoms with Crippen molar-refractivity contribution >= 4 is 11.9 Å². The summed E-state index contributed by atoms with van der Waals surface area (Å²) in [6.45, 7) is 11.2. The quantitative estimate of drug-likeness (QED) is 0.549. The van der Waals surface area contributed by atoms with Crippen molar-refractivity contribution in [2.45, 2.75) is 71.9 Å². The fourth-order valence-corrected chi connectivity index (χ4v) is 2.53. The molecule has 122 valence electrons. The van der Waals surface area contributed by atoms with E-state index in [0.717, 1.165) is 18.4 Å². The van der Waals surface area contributed by atoms with E-state index in [1.807, 2.05) is 27.7 Å². The molecule has 5 heteroatoms. The summed E-state index contributed by atoms with van der Waals surface area (Å²) in [5.41, 5.74) is -0.210. The molecule has 3 N–H and O–H groups in total. The van der Waals surface area contributed by atoms with E-state index >= 15 is 0 Å². The second kappa shape index (κ2) is 8.25. The van der Waals surface area contributed by atoms with E-state index in [9.17, 15) is 4.79 Å². The molecule has 0 saturated heterocycles. The van der Waals surface area contributed by atoms with Gasteiger partial charge in [-0.2, -0.15) is 0 Å². The van der Waals surface area contributed by atoms with Crippen molar-refractivity contribution in [1.29, 1.82) is 0 Å². The lowest BCUT2D eigenvalue weighted by molar-refractivity contribution is -0.121. The van der Waals surface area contributed by atoms with Gasteiger partial charge in [-0.3, -0.25) is 4.79 Å². The number of hydrogen-bond donors (Lipinski definition) is 3. The van der Waals surface area contributed by atoms with Gasteiger partial charge < -0.3 is 16.0 Å². The van der Waals surface area contributed by atoms with Gasteiger partial charge in [-0.1, -0.05) is 6.92 Å². The summed E-state index contributed by atoms with van der Waals surface area (Å²) in [5, 5.41) is 9.60. The molecule has 0 unspecified atom stereocenters. The summed E-state index contributed by atoms with van der Waals surface area (Å²) in [6.07, 6.45) is 4.89. The molecule has 21 heavy (non-hydrogen) atoms. The number of aliphatic imine (C=N–C) groups is 1. The maximum Gasteiger partial charge on any atom is 0.242 e. The lowest BCUT2D eigenvalue weighted by atomic mass is 9.87.